The van der Waals surface area contributed by atoms with Crippen molar-refractivity contribution in [3.05, 3.63) is 0 Å². The van der Waals surface area contributed by atoms with Gasteiger partial charge in [0.2, 0.25) is 0 Å². The molecule has 1 saturated heterocycles. The minimum Gasteiger partial charge on any atom is -0.380 e. The Morgan fingerprint density at radius 1 is 1.07 bits per heavy atom. The van der Waals surface area contributed by atoms with Gasteiger partial charge in [-0.3, -0.25) is 0 Å². The van der Waals surface area contributed by atoms with Crippen LogP contribution >= 0.6 is 0 Å². The smallest absolute Gasteiger partial charge is 0.0544 e. The number of hydrogen-bond acceptors (Lipinski definition) is 1. The molecule has 0 aromatic rings. The van der Waals surface area contributed by atoms with E-state index in [0.29, 0.717) is 5.41 Å². The second-order valence-electron chi connectivity index (χ2n) is 5.88. The third-order valence-electron chi connectivity index (χ3n) is 3.82. The highest BCUT2D eigenvalue weighted by atomic mass is 16.5. The van der Waals surface area contributed by atoms with E-state index in [-0.39, 0.29) is 0 Å². The summed E-state index contributed by atoms with van der Waals surface area (Å²) in [6.45, 7) is 13.3. The molecule has 1 aliphatic heterocycles. The van der Waals surface area contributed by atoms with Crippen LogP contribution in [0.15, 0.2) is 0 Å². The van der Waals surface area contributed by atoms with Gasteiger partial charge in [-0.05, 0) is 30.6 Å². The van der Waals surface area contributed by atoms with Gasteiger partial charge in [-0.2, -0.15) is 0 Å². The van der Waals surface area contributed by atoms with E-state index in [1.807, 2.05) is 0 Å². The zero-order valence-corrected chi connectivity index (χ0v) is 10.5. The quantitative estimate of drug-likeness (QED) is 0.657. The van der Waals surface area contributed by atoms with Gasteiger partial charge in [0.25, 0.3) is 0 Å². The molecule has 0 unspecified atom stereocenters. The summed E-state index contributed by atoms with van der Waals surface area (Å²) in [6, 6.07) is 0. The summed E-state index contributed by atoms with van der Waals surface area (Å²) < 4.78 is 5.10. The summed E-state index contributed by atoms with van der Waals surface area (Å²) in [5.41, 5.74) is 0.500. The molecule has 1 nitrogen and oxygen atoms in total. The van der Waals surface area contributed by atoms with Crippen molar-refractivity contribution >= 4 is 0 Å². The fourth-order valence-corrected chi connectivity index (χ4v) is 1.52. The van der Waals surface area contributed by atoms with Crippen LogP contribution in [0.3, 0.4) is 0 Å². The van der Waals surface area contributed by atoms with Gasteiger partial charge in [0.05, 0.1) is 13.2 Å². The molecular weight excluding hydrogens is 172 g/mol. The molecule has 0 aromatic heterocycles. The Morgan fingerprint density at radius 3 is 1.57 bits per heavy atom. The molecule has 84 valence electrons. The van der Waals surface area contributed by atoms with Gasteiger partial charge in [0, 0.05) is 5.41 Å². The maximum Gasteiger partial charge on any atom is 0.0544 e. The molecule has 2 aliphatic rings. The van der Waals surface area contributed by atoms with Gasteiger partial charge in [0.1, 0.15) is 0 Å². The first-order chi connectivity index (χ1) is 6.46. The maximum atomic E-state index is 5.10. The largest absolute Gasteiger partial charge is 0.380 e. The average molecular weight is 198 g/mol. The van der Waals surface area contributed by atoms with Crippen LogP contribution < -0.4 is 0 Å². The van der Waals surface area contributed by atoms with Crippen LogP contribution in [0, 0.1) is 23.2 Å². The monoisotopic (exact) mass is 198 g/mol. The Kier molecular flexibility index (Phi) is 4.00. The molecule has 0 N–H and O–H groups in total. The minimum atomic E-state index is 0.500. The molecule has 1 heteroatoms. The average Bonchev–Trinajstić information content (AvgIpc) is 2.82. The number of ether oxygens (including phenoxy) is 1. The summed E-state index contributed by atoms with van der Waals surface area (Å²) in [4.78, 5) is 0. The molecule has 0 aromatic carbocycles. The Labute approximate surface area is 89.2 Å². The molecule has 2 rings (SSSR count). The Hall–Kier alpha value is -0.0400. The zero-order valence-electron chi connectivity index (χ0n) is 10.5. The first-order valence-electron chi connectivity index (χ1n) is 6.03. The first-order valence-corrected chi connectivity index (χ1v) is 6.03. The Balaban J connectivity index is 0.000000146. The highest BCUT2D eigenvalue weighted by Gasteiger charge is 2.36. The lowest BCUT2D eigenvalue weighted by molar-refractivity contribution is -0.126. The molecule has 2 fully saturated rings. The van der Waals surface area contributed by atoms with E-state index < -0.39 is 0 Å². The summed E-state index contributed by atoms with van der Waals surface area (Å²) in [5.74, 6) is 2.84. The minimum absolute atomic E-state index is 0.500. The van der Waals surface area contributed by atoms with Gasteiger partial charge in [-0.1, -0.05) is 34.6 Å². The van der Waals surface area contributed by atoms with Crippen molar-refractivity contribution < 1.29 is 4.74 Å². The second-order valence-corrected chi connectivity index (χ2v) is 5.88. The highest BCUT2D eigenvalue weighted by molar-refractivity contribution is 4.83. The van der Waals surface area contributed by atoms with Gasteiger partial charge < -0.3 is 4.74 Å². The van der Waals surface area contributed by atoms with E-state index in [1.54, 1.807) is 0 Å². The number of hydrogen-bond donors (Lipinski definition) is 0. The lowest BCUT2D eigenvalue weighted by Gasteiger charge is -2.41. The summed E-state index contributed by atoms with van der Waals surface area (Å²) in [6.07, 6.45) is 3.00. The van der Waals surface area contributed by atoms with E-state index in [4.69, 9.17) is 4.74 Å². The predicted octanol–water partition coefficient (Wildman–Crippen LogP) is 3.73. The van der Waals surface area contributed by atoms with Crippen molar-refractivity contribution in [1.82, 2.24) is 0 Å². The molecular formula is C13H26O. The van der Waals surface area contributed by atoms with Crippen LogP contribution in [0.1, 0.15) is 47.5 Å². The van der Waals surface area contributed by atoms with E-state index in [9.17, 15) is 0 Å². The van der Waals surface area contributed by atoms with Gasteiger partial charge in [-0.15, -0.1) is 0 Å². The van der Waals surface area contributed by atoms with Crippen LogP contribution in [-0.2, 0) is 4.74 Å². The second kappa shape index (κ2) is 4.65. The molecule has 1 aliphatic carbocycles. The maximum absolute atomic E-state index is 5.10. The van der Waals surface area contributed by atoms with Crippen molar-refractivity contribution in [3.63, 3.8) is 0 Å². The summed E-state index contributed by atoms with van der Waals surface area (Å²) in [5, 5.41) is 0. The van der Waals surface area contributed by atoms with Crippen LogP contribution in [0.5, 0.6) is 0 Å². The molecule has 1 saturated carbocycles. The lowest BCUT2D eigenvalue weighted by Crippen LogP contribution is -2.43. The molecule has 14 heavy (non-hydrogen) atoms. The molecule has 1 heterocycles. The molecule has 0 radical (unpaired) electrons. The van der Waals surface area contributed by atoms with Gasteiger partial charge in [-0.25, -0.2) is 0 Å². The van der Waals surface area contributed by atoms with Crippen molar-refractivity contribution in [3.8, 4) is 0 Å². The van der Waals surface area contributed by atoms with E-state index in [1.165, 1.54) is 12.8 Å². The Bertz CT molecular complexity index is 164. The van der Waals surface area contributed by atoms with Crippen molar-refractivity contribution in [1.29, 1.82) is 0 Å². The lowest BCUT2D eigenvalue weighted by atomic mass is 9.78. The number of rotatable bonds is 2. The van der Waals surface area contributed by atoms with Crippen LogP contribution in [-0.4, -0.2) is 13.2 Å². The van der Waals surface area contributed by atoms with Crippen molar-refractivity contribution in [2.24, 2.45) is 23.2 Å². The Morgan fingerprint density at radius 2 is 1.57 bits per heavy atom. The molecule has 0 spiro atoms. The van der Waals surface area contributed by atoms with Gasteiger partial charge in [0.15, 0.2) is 0 Å². The topological polar surface area (TPSA) is 9.23 Å². The third kappa shape index (κ3) is 3.27. The van der Waals surface area contributed by atoms with E-state index >= 15 is 0 Å². The standard InChI is InChI=1S/C7H14O.C6H12/c1-6(2)7(3)4-8-5-7;1-5(2)6-3-4-6/h6H,4-5H2,1-3H3;5-6H,3-4H2,1-2H3. The first kappa shape index (κ1) is 12.0. The van der Waals surface area contributed by atoms with Crippen molar-refractivity contribution in [2.45, 2.75) is 47.5 Å². The molecule has 0 amide bonds. The predicted molar refractivity (Wildman–Crippen MR) is 61.3 cm³/mol. The van der Waals surface area contributed by atoms with Crippen LogP contribution in [0.2, 0.25) is 0 Å². The normalized spacial score (nSPS) is 24.2. The van der Waals surface area contributed by atoms with E-state index in [0.717, 1.165) is 31.0 Å². The fourth-order valence-electron chi connectivity index (χ4n) is 1.52. The third-order valence-corrected chi connectivity index (χ3v) is 3.82. The molecule has 0 atom stereocenters. The highest BCUT2D eigenvalue weighted by Crippen LogP contribution is 2.35. The fraction of sp³-hybridized carbons (Fsp3) is 1.00. The van der Waals surface area contributed by atoms with Gasteiger partial charge >= 0.3 is 0 Å². The summed E-state index contributed by atoms with van der Waals surface area (Å²) in [7, 11) is 0. The van der Waals surface area contributed by atoms with E-state index in [2.05, 4.69) is 34.6 Å². The SMILES string of the molecule is CC(C)C1(C)COC1.CC(C)C1CC1. The van der Waals surface area contributed by atoms with Crippen LogP contribution in [0.25, 0.3) is 0 Å². The van der Waals surface area contributed by atoms with Crippen molar-refractivity contribution in [2.75, 3.05) is 13.2 Å². The summed E-state index contributed by atoms with van der Waals surface area (Å²) >= 11 is 0. The zero-order chi connectivity index (χ0) is 10.8. The van der Waals surface area contributed by atoms with Crippen LogP contribution in [0.4, 0.5) is 0 Å². The molecule has 0 bridgehead atoms.